The number of thiol groups is 1. The molecular weight excluding hydrogens is 202 g/mol. The van der Waals surface area contributed by atoms with Crippen molar-refractivity contribution < 1.29 is 0 Å². The van der Waals surface area contributed by atoms with E-state index in [9.17, 15) is 0 Å². The monoisotopic (exact) mass is 211 g/mol. The molecule has 0 aliphatic rings. The Balaban J connectivity index is 2.49. The maximum absolute atomic E-state index is 4.41. The normalized spacial score (nSPS) is 13.4. The molecule has 2 rings (SSSR count). The topological polar surface area (TPSA) is 30.2 Å². The SMILES string of the molecule is C[C@@H](SS)c1cn2ncccc2n1. The van der Waals surface area contributed by atoms with Gasteiger partial charge in [0, 0.05) is 6.20 Å². The lowest BCUT2D eigenvalue weighted by molar-refractivity contribution is 0.930. The number of imidazole rings is 1. The van der Waals surface area contributed by atoms with E-state index < -0.39 is 0 Å². The lowest BCUT2D eigenvalue weighted by Gasteiger charge is -1.99. The van der Waals surface area contributed by atoms with Gasteiger partial charge in [-0.05, 0) is 19.1 Å². The molecule has 0 bridgehead atoms. The molecule has 0 N–H and O–H groups in total. The van der Waals surface area contributed by atoms with Crippen molar-refractivity contribution in [1.29, 1.82) is 0 Å². The van der Waals surface area contributed by atoms with Crippen LogP contribution < -0.4 is 0 Å². The summed E-state index contributed by atoms with van der Waals surface area (Å²) in [6, 6.07) is 3.82. The second kappa shape index (κ2) is 3.59. The zero-order valence-electron chi connectivity index (χ0n) is 7.08. The second-order valence-electron chi connectivity index (χ2n) is 2.74. The number of hydrogen-bond donors (Lipinski definition) is 1. The van der Waals surface area contributed by atoms with Crippen LogP contribution >= 0.6 is 22.5 Å². The molecule has 0 fully saturated rings. The first-order chi connectivity index (χ1) is 6.31. The minimum atomic E-state index is 0.296. The molecule has 0 aromatic carbocycles. The highest BCUT2D eigenvalue weighted by Crippen LogP contribution is 2.29. The molecule has 0 amide bonds. The molecule has 0 saturated heterocycles. The van der Waals surface area contributed by atoms with E-state index in [1.807, 2.05) is 18.3 Å². The molecule has 5 heteroatoms. The average Bonchev–Trinajstić information content (AvgIpc) is 2.59. The van der Waals surface area contributed by atoms with Gasteiger partial charge in [0.25, 0.3) is 0 Å². The minimum Gasteiger partial charge on any atom is -0.231 e. The van der Waals surface area contributed by atoms with Gasteiger partial charge in [-0.15, -0.1) is 11.7 Å². The van der Waals surface area contributed by atoms with Gasteiger partial charge in [0.1, 0.15) is 0 Å². The van der Waals surface area contributed by atoms with Crippen LogP contribution in [0.3, 0.4) is 0 Å². The molecule has 0 aliphatic carbocycles. The van der Waals surface area contributed by atoms with Crippen molar-refractivity contribution in [2.75, 3.05) is 0 Å². The van der Waals surface area contributed by atoms with E-state index in [1.165, 1.54) is 10.8 Å². The maximum atomic E-state index is 4.41. The molecule has 2 aromatic heterocycles. The van der Waals surface area contributed by atoms with Crippen molar-refractivity contribution in [2.45, 2.75) is 12.2 Å². The third kappa shape index (κ3) is 1.66. The third-order valence-electron chi connectivity index (χ3n) is 1.83. The Morgan fingerprint density at radius 3 is 3.15 bits per heavy atom. The van der Waals surface area contributed by atoms with Crippen molar-refractivity contribution in [3.05, 3.63) is 30.2 Å². The van der Waals surface area contributed by atoms with Crippen LogP contribution in [0.15, 0.2) is 24.5 Å². The van der Waals surface area contributed by atoms with Gasteiger partial charge in [-0.25, -0.2) is 9.50 Å². The van der Waals surface area contributed by atoms with Crippen LogP contribution in [-0.2, 0) is 0 Å². The van der Waals surface area contributed by atoms with Crippen LogP contribution in [0, 0.1) is 0 Å². The van der Waals surface area contributed by atoms with E-state index in [1.54, 1.807) is 10.7 Å². The zero-order valence-corrected chi connectivity index (χ0v) is 8.79. The smallest absolute Gasteiger partial charge is 0.153 e. The number of hydrogen-bond acceptors (Lipinski definition) is 4. The Bertz CT molecular complexity index is 379. The summed E-state index contributed by atoms with van der Waals surface area (Å²) in [5.74, 6) is 0. The molecule has 0 unspecified atom stereocenters. The number of aromatic nitrogens is 3. The summed E-state index contributed by atoms with van der Waals surface area (Å²) >= 11 is 4.16. The summed E-state index contributed by atoms with van der Waals surface area (Å²) in [5, 5.41) is 4.43. The van der Waals surface area contributed by atoms with Gasteiger partial charge in [-0.1, -0.05) is 10.8 Å². The number of fused-ring (bicyclic) bond motifs is 1. The van der Waals surface area contributed by atoms with E-state index in [-0.39, 0.29) is 0 Å². The summed E-state index contributed by atoms with van der Waals surface area (Å²) in [7, 11) is 1.48. The highest BCUT2D eigenvalue weighted by molar-refractivity contribution is 8.68. The van der Waals surface area contributed by atoms with Gasteiger partial charge in [-0.3, -0.25) is 0 Å². The molecular formula is C8H9N3S2. The minimum absolute atomic E-state index is 0.296. The van der Waals surface area contributed by atoms with E-state index >= 15 is 0 Å². The lowest BCUT2D eigenvalue weighted by Crippen LogP contribution is -1.86. The Kier molecular flexibility index (Phi) is 2.46. The zero-order chi connectivity index (χ0) is 9.26. The van der Waals surface area contributed by atoms with E-state index in [0.29, 0.717) is 5.25 Å². The molecule has 2 heterocycles. The maximum Gasteiger partial charge on any atom is 0.153 e. The van der Waals surface area contributed by atoms with Crippen LogP contribution in [0.4, 0.5) is 0 Å². The Hall–Kier alpha value is -0.680. The molecule has 0 saturated carbocycles. The Morgan fingerprint density at radius 2 is 2.46 bits per heavy atom. The fraction of sp³-hybridized carbons (Fsp3) is 0.250. The Labute approximate surface area is 85.4 Å². The van der Waals surface area contributed by atoms with Gasteiger partial charge >= 0.3 is 0 Å². The highest BCUT2D eigenvalue weighted by atomic mass is 33.1. The molecule has 0 aliphatic heterocycles. The van der Waals surface area contributed by atoms with Gasteiger partial charge in [-0.2, -0.15) is 5.10 Å². The summed E-state index contributed by atoms with van der Waals surface area (Å²) in [4.78, 5) is 4.41. The summed E-state index contributed by atoms with van der Waals surface area (Å²) < 4.78 is 1.77. The Morgan fingerprint density at radius 1 is 1.62 bits per heavy atom. The molecule has 0 radical (unpaired) electrons. The molecule has 0 spiro atoms. The molecule has 2 aromatic rings. The average molecular weight is 211 g/mol. The standard InChI is InChI=1S/C8H9N3S2/c1-6(13-12)7-5-11-8(10-7)3-2-4-9-11/h2-6,12H,1H3/t6-/m1/s1. The molecule has 13 heavy (non-hydrogen) atoms. The quantitative estimate of drug-likeness (QED) is 0.611. The highest BCUT2D eigenvalue weighted by Gasteiger charge is 2.08. The predicted octanol–water partition coefficient (Wildman–Crippen LogP) is 2.37. The van der Waals surface area contributed by atoms with Crippen molar-refractivity contribution in [3.8, 4) is 0 Å². The van der Waals surface area contributed by atoms with Crippen LogP contribution in [0.1, 0.15) is 17.9 Å². The first-order valence-electron chi connectivity index (χ1n) is 3.92. The van der Waals surface area contributed by atoms with Crippen LogP contribution in [0.25, 0.3) is 5.65 Å². The van der Waals surface area contributed by atoms with Gasteiger partial charge < -0.3 is 0 Å². The second-order valence-corrected chi connectivity index (χ2v) is 4.29. The molecule has 3 nitrogen and oxygen atoms in total. The first-order valence-corrected chi connectivity index (χ1v) is 5.85. The van der Waals surface area contributed by atoms with Crippen molar-refractivity contribution in [2.24, 2.45) is 0 Å². The molecule has 68 valence electrons. The molecule has 1 atom stereocenters. The summed E-state index contributed by atoms with van der Waals surface area (Å²) in [6.07, 6.45) is 3.68. The third-order valence-corrected chi connectivity index (χ3v) is 3.34. The number of rotatable bonds is 2. The number of nitrogens with zero attached hydrogens (tertiary/aromatic N) is 3. The van der Waals surface area contributed by atoms with E-state index in [2.05, 4.69) is 28.7 Å². The fourth-order valence-corrected chi connectivity index (χ4v) is 1.64. The van der Waals surface area contributed by atoms with Crippen LogP contribution in [0.5, 0.6) is 0 Å². The van der Waals surface area contributed by atoms with Crippen molar-refractivity contribution in [3.63, 3.8) is 0 Å². The summed E-state index contributed by atoms with van der Waals surface area (Å²) in [5.41, 5.74) is 1.89. The van der Waals surface area contributed by atoms with Crippen molar-refractivity contribution in [1.82, 2.24) is 14.6 Å². The van der Waals surface area contributed by atoms with Crippen molar-refractivity contribution >= 4 is 28.1 Å². The predicted molar refractivity (Wildman–Crippen MR) is 58.0 cm³/mol. The van der Waals surface area contributed by atoms with Gasteiger partial charge in [0.05, 0.1) is 17.1 Å². The fourth-order valence-electron chi connectivity index (χ4n) is 1.10. The van der Waals surface area contributed by atoms with Gasteiger partial charge in [0.2, 0.25) is 0 Å². The van der Waals surface area contributed by atoms with Crippen LogP contribution in [0.2, 0.25) is 0 Å². The van der Waals surface area contributed by atoms with E-state index in [0.717, 1.165) is 11.3 Å². The largest absolute Gasteiger partial charge is 0.231 e. The summed E-state index contributed by atoms with van der Waals surface area (Å²) in [6.45, 7) is 2.07. The first kappa shape index (κ1) is 8.90. The lowest BCUT2D eigenvalue weighted by atomic mass is 10.4. The van der Waals surface area contributed by atoms with Crippen LogP contribution in [-0.4, -0.2) is 14.6 Å². The van der Waals surface area contributed by atoms with E-state index in [4.69, 9.17) is 0 Å². The van der Waals surface area contributed by atoms with Gasteiger partial charge in [0.15, 0.2) is 5.65 Å².